The topological polar surface area (TPSA) is 63.7 Å². The van der Waals surface area contributed by atoms with Crippen LogP contribution in [0.15, 0.2) is 54.7 Å². The lowest BCUT2D eigenvalue weighted by Gasteiger charge is -2.29. The van der Waals surface area contributed by atoms with Crippen LogP contribution in [0.5, 0.6) is 16.6 Å². The van der Waals surface area contributed by atoms with E-state index in [2.05, 4.69) is 16.4 Å². The second-order valence-electron chi connectivity index (χ2n) is 6.08. The van der Waals surface area contributed by atoms with Gasteiger partial charge in [-0.3, -0.25) is 10.2 Å². The van der Waals surface area contributed by atoms with Gasteiger partial charge in [-0.15, -0.1) is 0 Å². The zero-order valence-corrected chi connectivity index (χ0v) is 15.7. The Morgan fingerprint density at radius 3 is 2.74 bits per heavy atom. The number of hydrogen-bond acceptors (Lipinski definition) is 5. The maximum Gasteiger partial charge on any atom is 0.328 e. The van der Waals surface area contributed by atoms with Crippen LogP contribution in [0.2, 0.25) is 0 Å². The molecule has 0 unspecified atom stereocenters. The third-order valence-electron chi connectivity index (χ3n) is 4.33. The van der Waals surface area contributed by atoms with E-state index in [0.29, 0.717) is 22.5 Å². The second-order valence-corrected chi connectivity index (χ2v) is 7.07. The number of aromatic nitrogens is 1. The molecule has 0 aliphatic carbocycles. The molecule has 3 aromatic rings. The predicted octanol–water partition coefficient (Wildman–Crippen LogP) is 4.93. The average molecular weight is 381 g/mol. The number of anilines is 2. The van der Waals surface area contributed by atoms with Gasteiger partial charge in [-0.1, -0.05) is 29.5 Å². The van der Waals surface area contributed by atoms with Crippen LogP contribution in [-0.2, 0) is 6.42 Å². The first-order chi connectivity index (χ1) is 13.2. The number of benzene rings is 2. The fourth-order valence-corrected chi connectivity index (χ4v) is 3.71. The van der Waals surface area contributed by atoms with Crippen LogP contribution in [0.25, 0.3) is 0 Å². The van der Waals surface area contributed by atoms with E-state index in [1.807, 2.05) is 42.5 Å². The van der Waals surface area contributed by atoms with Gasteiger partial charge in [0.05, 0.1) is 13.3 Å². The Morgan fingerprint density at radius 1 is 1.15 bits per heavy atom. The molecule has 1 aliphatic rings. The van der Waals surface area contributed by atoms with Gasteiger partial charge in [0, 0.05) is 12.2 Å². The number of fused-ring (bicyclic) bond motifs is 1. The van der Waals surface area contributed by atoms with E-state index in [4.69, 9.17) is 9.47 Å². The standard InChI is InChI=1S/C20H19N3O3S/c1-25-15-8-10-16(11-9-15)26-18-13-21-19(27-18)22-20(24)23-12-4-6-14-5-2-3-7-17(14)23/h2-3,5,7-11,13H,4,6,12H2,1H3,(H,21,22,24). The van der Waals surface area contributed by atoms with Crippen LogP contribution in [0.4, 0.5) is 15.6 Å². The van der Waals surface area contributed by atoms with Gasteiger partial charge in [-0.2, -0.15) is 0 Å². The van der Waals surface area contributed by atoms with E-state index >= 15 is 0 Å². The number of carbonyl (C=O) groups excluding carboxylic acids is 1. The number of methoxy groups -OCH3 is 1. The third kappa shape index (κ3) is 3.88. The van der Waals surface area contributed by atoms with Crippen molar-refractivity contribution in [1.82, 2.24) is 4.98 Å². The number of carbonyl (C=O) groups is 1. The zero-order valence-electron chi connectivity index (χ0n) is 14.8. The Morgan fingerprint density at radius 2 is 1.93 bits per heavy atom. The van der Waals surface area contributed by atoms with E-state index < -0.39 is 0 Å². The minimum atomic E-state index is -0.174. The van der Waals surface area contributed by atoms with Gasteiger partial charge >= 0.3 is 6.03 Å². The molecular formula is C20H19N3O3S. The highest BCUT2D eigenvalue weighted by atomic mass is 32.1. The minimum Gasteiger partial charge on any atom is -0.497 e. The third-order valence-corrected chi connectivity index (χ3v) is 5.12. The van der Waals surface area contributed by atoms with Crippen molar-refractivity contribution in [2.45, 2.75) is 12.8 Å². The molecule has 1 aliphatic heterocycles. The summed E-state index contributed by atoms with van der Waals surface area (Å²) < 4.78 is 10.9. The summed E-state index contributed by atoms with van der Waals surface area (Å²) in [6.45, 7) is 0.698. The largest absolute Gasteiger partial charge is 0.497 e. The number of aryl methyl sites for hydroxylation is 1. The maximum atomic E-state index is 12.7. The molecule has 0 radical (unpaired) electrons. The molecule has 7 heteroatoms. The number of rotatable bonds is 4. The zero-order chi connectivity index (χ0) is 18.6. The van der Waals surface area contributed by atoms with Gasteiger partial charge in [0.15, 0.2) is 5.13 Å². The first-order valence-electron chi connectivity index (χ1n) is 8.67. The van der Waals surface area contributed by atoms with Crippen LogP contribution < -0.4 is 19.7 Å². The van der Waals surface area contributed by atoms with Gasteiger partial charge in [-0.05, 0) is 48.7 Å². The van der Waals surface area contributed by atoms with E-state index in [-0.39, 0.29) is 6.03 Å². The van der Waals surface area contributed by atoms with Crippen LogP contribution in [0, 0.1) is 0 Å². The number of nitrogens with one attached hydrogen (secondary N) is 1. The Balaban J connectivity index is 1.42. The first kappa shape index (κ1) is 17.4. The molecule has 138 valence electrons. The lowest BCUT2D eigenvalue weighted by Crippen LogP contribution is -2.38. The molecule has 1 N–H and O–H groups in total. The molecule has 0 saturated heterocycles. The summed E-state index contributed by atoms with van der Waals surface area (Å²) in [4.78, 5) is 18.7. The van der Waals surface area contributed by atoms with Crippen molar-refractivity contribution in [3.63, 3.8) is 0 Å². The van der Waals surface area contributed by atoms with Gasteiger partial charge in [-0.25, -0.2) is 9.78 Å². The number of hydrogen-bond donors (Lipinski definition) is 1. The van der Waals surface area contributed by atoms with E-state index in [1.165, 1.54) is 16.9 Å². The van der Waals surface area contributed by atoms with Crippen molar-refractivity contribution in [3.8, 4) is 16.6 Å². The maximum absolute atomic E-state index is 12.7. The summed E-state index contributed by atoms with van der Waals surface area (Å²) in [6, 6.07) is 15.1. The molecule has 0 bridgehead atoms. The molecule has 27 heavy (non-hydrogen) atoms. The van der Waals surface area contributed by atoms with Crippen molar-refractivity contribution >= 4 is 28.2 Å². The Labute approximate surface area is 161 Å². The van der Waals surface area contributed by atoms with Gasteiger partial charge in [0.25, 0.3) is 0 Å². The van der Waals surface area contributed by atoms with Crippen molar-refractivity contribution in [1.29, 1.82) is 0 Å². The molecule has 0 spiro atoms. The summed E-state index contributed by atoms with van der Waals surface area (Å²) in [5.41, 5.74) is 2.16. The second kappa shape index (κ2) is 7.67. The first-order valence-corrected chi connectivity index (χ1v) is 9.49. The fourth-order valence-electron chi connectivity index (χ4n) is 3.03. The molecule has 0 atom stereocenters. The molecule has 6 nitrogen and oxygen atoms in total. The Hall–Kier alpha value is -3.06. The number of para-hydroxylation sites is 1. The molecule has 0 saturated carbocycles. The SMILES string of the molecule is COc1ccc(Oc2cnc(NC(=O)N3CCCc4ccccc43)s2)cc1. The smallest absolute Gasteiger partial charge is 0.328 e. The number of amides is 2. The minimum absolute atomic E-state index is 0.174. The number of ether oxygens (including phenoxy) is 2. The monoisotopic (exact) mass is 381 g/mol. The van der Waals surface area contributed by atoms with E-state index in [9.17, 15) is 4.79 Å². The lowest BCUT2D eigenvalue weighted by molar-refractivity contribution is 0.256. The quantitative estimate of drug-likeness (QED) is 0.696. The van der Waals surface area contributed by atoms with Gasteiger partial charge in [0.2, 0.25) is 5.06 Å². The number of nitrogens with zero attached hydrogens (tertiary/aromatic N) is 2. The van der Waals surface area contributed by atoms with Crippen molar-refractivity contribution < 1.29 is 14.3 Å². The molecule has 0 fully saturated rings. The van der Waals surface area contributed by atoms with Crippen LogP contribution in [0.3, 0.4) is 0 Å². The summed E-state index contributed by atoms with van der Waals surface area (Å²) in [6.07, 6.45) is 3.56. The summed E-state index contributed by atoms with van der Waals surface area (Å²) in [7, 11) is 1.62. The highest BCUT2D eigenvalue weighted by molar-refractivity contribution is 7.17. The highest BCUT2D eigenvalue weighted by Gasteiger charge is 2.22. The highest BCUT2D eigenvalue weighted by Crippen LogP contribution is 2.32. The average Bonchev–Trinajstić information content (AvgIpc) is 3.14. The molecule has 4 rings (SSSR count). The molecular weight excluding hydrogens is 362 g/mol. The summed E-state index contributed by atoms with van der Waals surface area (Å²) in [5.74, 6) is 1.45. The Bertz CT molecular complexity index is 940. The van der Waals surface area contributed by atoms with Crippen molar-refractivity contribution in [3.05, 3.63) is 60.3 Å². The Kier molecular flexibility index (Phi) is 4.93. The van der Waals surface area contributed by atoms with Gasteiger partial charge in [0.1, 0.15) is 11.5 Å². The van der Waals surface area contributed by atoms with Crippen molar-refractivity contribution in [2.24, 2.45) is 0 Å². The summed E-state index contributed by atoms with van der Waals surface area (Å²) >= 11 is 1.29. The molecule has 1 aromatic heterocycles. The fraction of sp³-hybridized carbons (Fsp3) is 0.200. The normalized spacial score (nSPS) is 13.0. The number of urea groups is 1. The summed E-state index contributed by atoms with van der Waals surface area (Å²) in [5, 5.41) is 3.98. The lowest BCUT2D eigenvalue weighted by atomic mass is 10.0. The number of thiazole rings is 1. The van der Waals surface area contributed by atoms with E-state index in [1.54, 1.807) is 18.2 Å². The van der Waals surface area contributed by atoms with Crippen molar-refractivity contribution in [2.75, 3.05) is 23.9 Å². The van der Waals surface area contributed by atoms with Gasteiger partial charge < -0.3 is 9.47 Å². The molecule has 2 aromatic carbocycles. The van der Waals surface area contributed by atoms with Crippen LogP contribution in [0.1, 0.15) is 12.0 Å². The molecule has 2 heterocycles. The van der Waals surface area contributed by atoms with Crippen LogP contribution >= 0.6 is 11.3 Å². The van der Waals surface area contributed by atoms with Crippen LogP contribution in [-0.4, -0.2) is 24.7 Å². The predicted molar refractivity (Wildman–Crippen MR) is 106 cm³/mol. The van der Waals surface area contributed by atoms with E-state index in [0.717, 1.165) is 24.3 Å². The molecule has 2 amide bonds.